The van der Waals surface area contributed by atoms with Crippen molar-refractivity contribution in [3.63, 3.8) is 0 Å². The van der Waals surface area contributed by atoms with Gasteiger partial charge in [-0.15, -0.1) is 0 Å². The minimum Gasteiger partial charge on any atom is -0.452 e. The van der Waals surface area contributed by atoms with Crippen LogP contribution in [0.2, 0.25) is 15.1 Å². The van der Waals surface area contributed by atoms with Crippen LogP contribution in [0.4, 0.5) is 0 Å². The van der Waals surface area contributed by atoms with E-state index in [2.05, 4.69) is 5.32 Å². The molecule has 2 aromatic carbocycles. The van der Waals surface area contributed by atoms with Gasteiger partial charge in [0, 0.05) is 15.1 Å². The predicted octanol–water partition coefficient (Wildman–Crippen LogP) is 5.00. The summed E-state index contributed by atoms with van der Waals surface area (Å²) in [7, 11) is 0. The Morgan fingerprint density at radius 2 is 1.62 bits per heavy atom. The molecule has 2 atom stereocenters. The normalized spacial score (nSPS) is 13.0. The van der Waals surface area contributed by atoms with Gasteiger partial charge in [0.1, 0.15) is 0 Å². The minimum absolute atomic E-state index is 0.0629. The standard InChI is InChI=1S/C19H18Cl3NO3/c1-11(16-8-7-15(21)10-17(16)22)23-19(25)12(2)26-18(24)9-13-3-5-14(20)6-4-13/h3-8,10-12H,9H2,1-2H3,(H,23,25)/t11-,12-/m1/s1. The van der Waals surface area contributed by atoms with Gasteiger partial charge in [0.25, 0.3) is 5.91 Å². The van der Waals surface area contributed by atoms with Crippen LogP contribution < -0.4 is 5.32 Å². The number of carbonyl (C=O) groups excluding carboxylic acids is 2. The molecule has 0 saturated heterocycles. The molecule has 0 radical (unpaired) electrons. The van der Waals surface area contributed by atoms with E-state index in [0.717, 1.165) is 11.1 Å². The summed E-state index contributed by atoms with van der Waals surface area (Å²) in [6.45, 7) is 3.31. The number of esters is 1. The first-order valence-corrected chi connectivity index (χ1v) is 9.09. The Morgan fingerprint density at radius 3 is 2.23 bits per heavy atom. The molecule has 138 valence electrons. The van der Waals surface area contributed by atoms with Crippen LogP contribution in [-0.4, -0.2) is 18.0 Å². The number of rotatable bonds is 6. The first-order chi connectivity index (χ1) is 12.3. The van der Waals surface area contributed by atoms with Crippen molar-refractivity contribution in [3.05, 3.63) is 68.7 Å². The van der Waals surface area contributed by atoms with E-state index in [-0.39, 0.29) is 12.5 Å². The van der Waals surface area contributed by atoms with Gasteiger partial charge >= 0.3 is 5.97 Å². The second-order valence-electron chi connectivity index (χ2n) is 5.83. The summed E-state index contributed by atoms with van der Waals surface area (Å²) in [6.07, 6.45) is -0.865. The number of halogens is 3. The van der Waals surface area contributed by atoms with Crippen molar-refractivity contribution < 1.29 is 14.3 Å². The van der Waals surface area contributed by atoms with Crippen molar-refractivity contribution in [1.29, 1.82) is 0 Å². The van der Waals surface area contributed by atoms with Gasteiger partial charge in [-0.05, 0) is 49.2 Å². The largest absolute Gasteiger partial charge is 0.452 e. The molecule has 0 aliphatic rings. The van der Waals surface area contributed by atoms with E-state index in [1.165, 1.54) is 6.92 Å². The molecule has 0 aromatic heterocycles. The lowest BCUT2D eigenvalue weighted by molar-refractivity contribution is -0.154. The summed E-state index contributed by atoms with van der Waals surface area (Å²) in [6, 6.07) is 11.5. The Hall–Kier alpha value is -1.75. The fourth-order valence-electron chi connectivity index (χ4n) is 2.32. The SMILES string of the molecule is C[C@@H](OC(=O)Cc1ccc(Cl)cc1)C(=O)N[C@H](C)c1ccc(Cl)cc1Cl. The van der Waals surface area contributed by atoms with E-state index in [9.17, 15) is 9.59 Å². The number of ether oxygens (including phenoxy) is 1. The number of benzene rings is 2. The minimum atomic E-state index is -0.927. The van der Waals surface area contributed by atoms with Gasteiger partial charge in [0.2, 0.25) is 0 Å². The van der Waals surface area contributed by atoms with Crippen molar-refractivity contribution in [1.82, 2.24) is 5.32 Å². The fourth-order valence-corrected chi connectivity index (χ4v) is 3.02. The molecular formula is C19H18Cl3NO3. The molecule has 0 aliphatic heterocycles. The highest BCUT2D eigenvalue weighted by molar-refractivity contribution is 6.35. The summed E-state index contributed by atoms with van der Waals surface area (Å²) in [5.74, 6) is -0.903. The van der Waals surface area contributed by atoms with Crippen molar-refractivity contribution in [3.8, 4) is 0 Å². The summed E-state index contributed by atoms with van der Waals surface area (Å²) < 4.78 is 5.19. The molecule has 0 heterocycles. The molecule has 2 aromatic rings. The molecule has 0 aliphatic carbocycles. The molecule has 0 fully saturated rings. The first kappa shape index (κ1) is 20.6. The van der Waals surface area contributed by atoms with Crippen LogP contribution in [-0.2, 0) is 20.7 Å². The number of carbonyl (C=O) groups is 2. The molecule has 0 bridgehead atoms. The molecule has 4 nitrogen and oxygen atoms in total. The third kappa shape index (κ3) is 5.90. The van der Waals surface area contributed by atoms with E-state index in [1.54, 1.807) is 49.4 Å². The van der Waals surface area contributed by atoms with Crippen LogP contribution in [0.5, 0.6) is 0 Å². The van der Waals surface area contributed by atoms with E-state index in [1.807, 2.05) is 0 Å². The highest BCUT2D eigenvalue weighted by Gasteiger charge is 2.21. The summed E-state index contributed by atoms with van der Waals surface area (Å²) >= 11 is 17.8. The van der Waals surface area contributed by atoms with E-state index < -0.39 is 18.0 Å². The number of nitrogens with one attached hydrogen (secondary N) is 1. The Labute approximate surface area is 167 Å². The quantitative estimate of drug-likeness (QED) is 0.677. The van der Waals surface area contributed by atoms with Gasteiger partial charge in [0.05, 0.1) is 12.5 Å². The van der Waals surface area contributed by atoms with Crippen molar-refractivity contribution in [2.45, 2.75) is 32.4 Å². The monoisotopic (exact) mass is 413 g/mol. The molecule has 0 spiro atoms. The summed E-state index contributed by atoms with van der Waals surface area (Å²) in [5.41, 5.74) is 1.48. The maximum Gasteiger partial charge on any atom is 0.311 e. The zero-order valence-corrected chi connectivity index (χ0v) is 16.5. The highest BCUT2D eigenvalue weighted by Crippen LogP contribution is 2.26. The Bertz CT molecular complexity index is 793. The Kier molecular flexibility index (Phi) is 7.33. The second kappa shape index (κ2) is 9.26. The maximum atomic E-state index is 12.3. The average molecular weight is 415 g/mol. The summed E-state index contributed by atoms with van der Waals surface area (Å²) in [4.78, 5) is 24.3. The van der Waals surface area contributed by atoms with Crippen molar-refractivity contribution in [2.75, 3.05) is 0 Å². The van der Waals surface area contributed by atoms with Crippen LogP contribution >= 0.6 is 34.8 Å². The van der Waals surface area contributed by atoms with Crippen LogP contribution in [0, 0.1) is 0 Å². The van der Waals surface area contributed by atoms with Gasteiger partial charge in [0.15, 0.2) is 6.10 Å². The fraction of sp³-hybridized carbons (Fsp3) is 0.263. The van der Waals surface area contributed by atoms with Crippen LogP contribution in [0.3, 0.4) is 0 Å². The zero-order chi connectivity index (χ0) is 19.3. The van der Waals surface area contributed by atoms with Crippen molar-refractivity contribution >= 4 is 46.7 Å². The highest BCUT2D eigenvalue weighted by atomic mass is 35.5. The molecule has 1 N–H and O–H groups in total. The predicted molar refractivity (Wildman–Crippen MR) is 104 cm³/mol. The van der Waals surface area contributed by atoms with Crippen molar-refractivity contribution in [2.24, 2.45) is 0 Å². The third-order valence-corrected chi connectivity index (χ3v) is 4.54. The smallest absolute Gasteiger partial charge is 0.311 e. The zero-order valence-electron chi connectivity index (χ0n) is 14.3. The molecule has 1 amide bonds. The lowest BCUT2D eigenvalue weighted by Gasteiger charge is -2.19. The molecule has 2 rings (SSSR count). The third-order valence-electron chi connectivity index (χ3n) is 3.73. The van der Waals surface area contributed by atoms with Gasteiger partial charge in [-0.3, -0.25) is 9.59 Å². The number of amides is 1. The number of hydrogen-bond donors (Lipinski definition) is 1. The van der Waals surface area contributed by atoms with Crippen LogP contribution in [0.1, 0.15) is 31.0 Å². The maximum absolute atomic E-state index is 12.3. The van der Waals surface area contributed by atoms with E-state index in [4.69, 9.17) is 39.5 Å². The molecule has 26 heavy (non-hydrogen) atoms. The van der Waals surface area contributed by atoms with Gasteiger partial charge in [-0.1, -0.05) is 53.0 Å². The van der Waals surface area contributed by atoms with E-state index >= 15 is 0 Å². The summed E-state index contributed by atoms with van der Waals surface area (Å²) in [5, 5.41) is 4.33. The van der Waals surface area contributed by atoms with Gasteiger partial charge < -0.3 is 10.1 Å². The molecular weight excluding hydrogens is 397 g/mol. The molecule has 7 heteroatoms. The van der Waals surface area contributed by atoms with Gasteiger partial charge in [-0.25, -0.2) is 0 Å². The Morgan fingerprint density at radius 1 is 1.00 bits per heavy atom. The molecule has 0 saturated carbocycles. The van der Waals surface area contributed by atoms with Gasteiger partial charge in [-0.2, -0.15) is 0 Å². The number of hydrogen-bond acceptors (Lipinski definition) is 3. The Balaban J connectivity index is 1.90. The lowest BCUT2D eigenvalue weighted by Crippen LogP contribution is -2.37. The molecule has 0 unspecified atom stereocenters. The second-order valence-corrected chi connectivity index (χ2v) is 7.11. The van der Waals surface area contributed by atoms with Crippen LogP contribution in [0.15, 0.2) is 42.5 Å². The van der Waals surface area contributed by atoms with E-state index in [0.29, 0.717) is 15.1 Å². The first-order valence-electron chi connectivity index (χ1n) is 7.95. The lowest BCUT2D eigenvalue weighted by atomic mass is 10.1. The van der Waals surface area contributed by atoms with Crippen LogP contribution in [0.25, 0.3) is 0 Å². The average Bonchev–Trinajstić information content (AvgIpc) is 2.56. The topological polar surface area (TPSA) is 55.4 Å².